The molecule has 212 valence electrons. The number of anilines is 1. The Morgan fingerprint density at radius 1 is 1.12 bits per heavy atom. The van der Waals surface area contributed by atoms with Crippen LogP contribution in [0.5, 0.6) is 0 Å². The van der Waals surface area contributed by atoms with Gasteiger partial charge in [-0.2, -0.15) is 0 Å². The van der Waals surface area contributed by atoms with Gasteiger partial charge in [0.25, 0.3) is 0 Å². The zero-order valence-electron chi connectivity index (χ0n) is 22.9. The van der Waals surface area contributed by atoms with Gasteiger partial charge in [-0.25, -0.2) is 9.78 Å². The number of hydrogen-bond donors (Lipinski definition) is 2. The summed E-state index contributed by atoms with van der Waals surface area (Å²) >= 11 is 14.6. The third kappa shape index (κ3) is 6.46. The van der Waals surface area contributed by atoms with Gasteiger partial charge in [-0.15, -0.1) is 0 Å². The van der Waals surface area contributed by atoms with Crippen molar-refractivity contribution < 1.29 is 14.1 Å². The molecule has 40 heavy (non-hydrogen) atoms. The van der Waals surface area contributed by atoms with E-state index >= 15 is 0 Å². The molecule has 1 aliphatic rings. The summed E-state index contributed by atoms with van der Waals surface area (Å²) in [4.78, 5) is 16.9. The molecule has 2 N–H and O–H groups in total. The van der Waals surface area contributed by atoms with Crippen molar-refractivity contribution in [3.63, 3.8) is 0 Å². The van der Waals surface area contributed by atoms with Gasteiger partial charge in [0.1, 0.15) is 11.5 Å². The number of halogens is 2. The minimum absolute atomic E-state index is 0.227. The van der Waals surface area contributed by atoms with E-state index in [4.69, 9.17) is 37.4 Å². The first-order valence-corrected chi connectivity index (χ1v) is 15.5. The molecule has 0 spiro atoms. The van der Waals surface area contributed by atoms with E-state index in [1.165, 1.54) is 0 Å². The van der Waals surface area contributed by atoms with Gasteiger partial charge in [0.05, 0.1) is 32.4 Å². The van der Waals surface area contributed by atoms with E-state index in [0.29, 0.717) is 34.7 Å². The number of rotatable bonds is 13. The first-order valence-electron chi connectivity index (χ1n) is 13.9. The summed E-state index contributed by atoms with van der Waals surface area (Å²) in [5.74, 6) is 1.04. The maximum atomic E-state index is 12.1. The SMILES string of the molecule is CCOC(=O)c1ccc2nc(NC(CC)CC(CC)NCc3c(-c4c(Cl)cccc4Cl)noc3C3CC3)sc2c1. The maximum Gasteiger partial charge on any atom is 0.338 e. The highest BCUT2D eigenvalue weighted by atomic mass is 35.5. The minimum atomic E-state index is -0.312. The van der Waals surface area contributed by atoms with E-state index in [1.807, 2.05) is 30.3 Å². The highest BCUT2D eigenvalue weighted by Crippen LogP contribution is 2.46. The summed E-state index contributed by atoms with van der Waals surface area (Å²) in [5.41, 5.74) is 3.90. The molecule has 1 fully saturated rings. The second-order valence-corrected chi connectivity index (χ2v) is 12.0. The first kappa shape index (κ1) is 28.9. The molecular weight excluding hydrogens is 567 g/mol. The molecule has 0 amide bonds. The third-order valence-electron chi connectivity index (χ3n) is 7.32. The Hall–Kier alpha value is -2.65. The van der Waals surface area contributed by atoms with Crippen molar-refractivity contribution in [1.29, 1.82) is 0 Å². The van der Waals surface area contributed by atoms with Crippen LogP contribution in [0.25, 0.3) is 21.5 Å². The molecular formula is C30H34Cl2N4O3S. The molecule has 2 unspecified atom stereocenters. The summed E-state index contributed by atoms with van der Waals surface area (Å²) < 4.78 is 11.9. The molecule has 2 aromatic carbocycles. The van der Waals surface area contributed by atoms with E-state index in [1.54, 1.807) is 24.3 Å². The molecule has 2 heterocycles. The average Bonchev–Trinajstić information content (AvgIpc) is 3.58. The molecule has 0 bridgehead atoms. The van der Waals surface area contributed by atoms with Crippen molar-refractivity contribution in [2.24, 2.45) is 0 Å². The Labute approximate surface area is 248 Å². The topological polar surface area (TPSA) is 89.3 Å². The van der Waals surface area contributed by atoms with E-state index < -0.39 is 0 Å². The number of nitrogens with one attached hydrogen (secondary N) is 2. The molecule has 2 aromatic heterocycles. The van der Waals surface area contributed by atoms with Gasteiger partial charge in [-0.05, 0) is 69.4 Å². The molecule has 0 saturated heterocycles. The minimum Gasteiger partial charge on any atom is -0.462 e. The van der Waals surface area contributed by atoms with Crippen LogP contribution in [0.1, 0.15) is 80.5 Å². The van der Waals surface area contributed by atoms with Crippen LogP contribution < -0.4 is 10.6 Å². The number of carbonyl (C=O) groups is 1. The van der Waals surface area contributed by atoms with Crippen molar-refractivity contribution in [3.05, 3.63) is 63.3 Å². The average molecular weight is 602 g/mol. The largest absolute Gasteiger partial charge is 0.462 e. The summed E-state index contributed by atoms with van der Waals surface area (Å²) in [7, 11) is 0. The molecule has 1 saturated carbocycles. The van der Waals surface area contributed by atoms with Gasteiger partial charge in [0, 0.05) is 35.7 Å². The number of benzene rings is 2. The maximum absolute atomic E-state index is 12.1. The smallest absolute Gasteiger partial charge is 0.338 e. The van der Waals surface area contributed by atoms with Crippen LogP contribution in [-0.4, -0.2) is 34.8 Å². The monoisotopic (exact) mass is 600 g/mol. The van der Waals surface area contributed by atoms with E-state index in [2.05, 4.69) is 29.6 Å². The summed E-state index contributed by atoms with van der Waals surface area (Å²) in [6.45, 7) is 7.16. The molecule has 5 rings (SSSR count). The molecule has 4 aromatic rings. The van der Waals surface area contributed by atoms with Crippen LogP contribution in [0, 0.1) is 0 Å². The number of hydrogen-bond acceptors (Lipinski definition) is 8. The second-order valence-electron chi connectivity index (χ2n) is 10.1. The predicted octanol–water partition coefficient (Wildman–Crippen LogP) is 8.46. The number of nitrogens with zero attached hydrogens (tertiary/aromatic N) is 2. The molecule has 7 nitrogen and oxygen atoms in total. The Balaban J connectivity index is 1.28. The molecule has 1 aliphatic carbocycles. The fourth-order valence-corrected chi connectivity index (χ4v) is 6.45. The molecule has 2 atom stereocenters. The van der Waals surface area contributed by atoms with E-state index in [0.717, 1.165) is 70.0 Å². The van der Waals surface area contributed by atoms with E-state index in [9.17, 15) is 4.79 Å². The van der Waals surface area contributed by atoms with Gasteiger partial charge < -0.3 is 19.9 Å². The lowest BCUT2D eigenvalue weighted by Gasteiger charge is -2.24. The normalized spacial score (nSPS) is 14.8. The Kier molecular flexibility index (Phi) is 9.31. The quantitative estimate of drug-likeness (QED) is 0.149. The van der Waals surface area contributed by atoms with Crippen LogP contribution in [-0.2, 0) is 11.3 Å². The summed E-state index contributed by atoms with van der Waals surface area (Å²) in [5, 5.41) is 13.8. The van der Waals surface area contributed by atoms with Crippen LogP contribution >= 0.6 is 34.5 Å². The highest BCUT2D eigenvalue weighted by molar-refractivity contribution is 7.22. The molecule has 0 radical (unpaired) electrons. The van der Waals surface area contributed by atoms with Crippen LogP contribution in [0.4, 0.5) is 5.13 Å². The van der Waals surface area contributed by atoms with Gasteiger partial charge in [0.2, 0.25) is 0 Å². The zero-order valence-corrected chi connectivity index (χ0v) is 25.3. The Morgan fingerprint density at radius 2 is 1.88 bits per heavy atom. The van der Waals surface area contributed by atoms with Gasteiger partial charge >= 0.3 is 5.97 Å². The molecule has 0 aliphatic heterocycles. The molecule has 10 heteroatoms. The number of carbonyl (C=O) groups excluding carboxylic acids is 1. The number of esters is 1. The number of aromatic nitrogens is 2. The number of thiazole rings is 1. The third-order valence-corrected chi connectivity index (χ3v) is 8.89. The van der Waals surface area contributed by atoms with Gasteiger partial charge in [0.15, 0.2) is 5.13 Å². The fourth-order valence-electron chi connectivity index (χ4n) is 4.89. The van der Waals surface area contributed by atoms with Crippen LogP contribution in [0.2, 0.25) is 10.0 Å². The van der Waals surface area contributed by atoms with Crippen molar-refractivity contribution in [2.45, 2.75) is 77.4 Å². The lowest BCUT2D eigenvalue weighted by atomic mass is 10.0. The van der Waals surface area contributed by atoms with Gasteiger partial charge in [-0.3, -0.25) is 0 Å². The second kappa shape index (κ2) is 12.9. The first-order chi connectivity index (χ1) is 19.4. The Morgan fingerprint density at radius 3 is 2.55 bits per heavy atom. The highest BCUT2D eigenvalue weighted by Gasteiger charge is 2.33. The van der Waals surface area contributed by atoms with E-state index in [-0.39, 0.29) is 18.1 Å². The fraction of sp³-hybridized carbons (Fsp3) is 0.433. The van der Waals surface area contributed by atoms with Crippen molar-refractivity contribution in [1.82, 2.24) is 15.5 Å². The summed E-state index contributed by atoms with van der Waals surface area (Å²) in [6, 6.07) is 11.5. The van der Waals surface area contributed by atoms with Crippen LogP contribution in [0.15, 0.2) is 40.9 Å². The van der Waals surface area contributed by atoms with Gasteiger partial charge in [-0.1, -0.05) is 59.6 Å². The Bertz CT molecular complexity index is 1460. The van der Waals surface area contributed by atoms with Crippen LogP contribution in [0.3, 0.4) is 0 Å². The lowest BCUT2D eigenvalue weighted by Crippen LogP contribution is -2.34. The summed E-state index contributed by atoms with van der Waals surface area (Å²) in [6.07, 6.45) is 5.06. The van der Waals surface area contributed by atoms with Crippen molar-refractivity contribution in [3.8, 4) is 11.3 Å². The number of fused-ring (bicyclic) bond motifs is 1. The van der Waals surface area contributed by atoms with Crippen molar-refractivity contribution >= 4 is 55.9 Å². The predicted molar refractivity (Wildman–Crippen MR) is 163 cm³/mol. The standard InChI is InChI=1S/C30H34Cl2N4O3S/c1-4-19(15-20(5-2)34-30-35-24-13-12-18(14-25(24)40-30)29(37)38-6-3)33-16-21-27(36-39-28(21)17-10-11-17)26-22(31)8-7-9-23(26)32/h7-9,12-14,17,19-20,33H,4-6,10-11,15-16H2,1-3H3,(H,34,35). The van der Waals surface area contributed by atoms with Crippen molar-refractivity contribution in [2.75, 3.05) is 11.9 Å². The number of ether oxygens (including phenoxy) is 1. The zero-order chi connectivity index (χ0) is 28.2. The lowest BCUT2D eigenvalue weighted by molar-refractivity contribution is 0.0526.